The number of nitrogens with one attached hydrogen (secondary N) is 1. The molecule has 1 fully saturated rings. The second-order valence-corrected chi connectivity index (χ2v) is 6.71. The maximum atomic E-state index is 5.94. The van der Waals surface area contributed by atoms with Crippen molar-refractivity contribution in [2.75, 3.05) is 18.0 Å². The van der Waals surface area contributed by atoms with Gasteiger partial charge in [0.1, 0.15) is 5.65 Å². The predicted molar refractivity (Wildman–Crippen MR) is 96.0 cm³/mol. The van der Waals surface area contributed by atoms with Crippen LogP contribution in [-0.2, 0) is 11.3 Å². The number of fused-ring (bicyclic) bond motifs is 1. The van der Waals surface area contributed by atoms with Gasteiger partial charge in [-0.15, -0.1) is 0 Å². The van der Waals surface area contributed by atoms with E-state index in [1.807, 2.05) is 30.6 Å². The quantitative estimate of drug-likeness (QED) is 0.675. The highest BCUT2D eigenvalue weighted by Gasteiger charge is 2.28. The van der Waals surface area contributed by atoms with E-state index in [2.05, 4.69) is 55.7 Å². The Kier molecular flexibility index (Phi) is 3.75. The SMILES string of the molecule is Ic1c[nH]c2ncc(N3CC(OCc4ccccc4)C3)cc12. The summed E-state index contributed by atoms with van der Waals surface area (Å²) in [7, 11) is 0. The van der Waals surface area contributed by atoms with Gasteiger partial charge in [-0.25, -0.2) is 4.98 Å². The molecule has 0 spiro atoms. The highest BCUT2D eigenvalue weighted by molar-refractivity contribution is 14.1. The Balaban J connectivity index is 1.37. The molecular formula is C17H16IN3O. The van der Waals surface area contributed by atoms with E-state index in [9.17, 15) is 0 Å². The normalized spacial score (nSPS) is 15.2. The number of halogens is 1. The van der Waals surface area contributed by atoms with Crippen LogP contribution in [0, 0.1) is 3.57 Å². The molecule has 22 heavy (non-hydrogen) atoms. The molecule has 4 rings (SSSR count). The summed E-state index contributed by atoms with van der Waals surface area (Å²) in [5.74, 6) is 0. The highest BCUT2D eigenvalue weighted by Crippen LogP contribution is 2.27. The topological polar surface area (TPSA) is 41.2 Å². The molecule has 5 heteroatoms. The molecule has 4 nitrogen and oxygen atoms in total. The standard InChI is InChI=1S/C17H16IN3O/c18-16-8-20-17-15(16)6-13(7-19-17)21-9-14(10-21)22-11-12-4-2-1-3-5-12/h1-8,14H,9-11H2,(H,19,20). The molecule has 1 aliphatic rings. The smallest absolute Gasteiger partial charge is 0.138 e. The average Bonchev–Trinajstić information content (AvgIpc) is 2.88. The summed E-state index contributed by atoms with van der Waals surface area (Å²) in [6.07, 6.45) is 4.23. The van der Waals surface area contributed by atoms with Crippen LogP contribution in [0.4, 0.5) is 5.69 Å². The van der Waals surface area contributed by atoms with Gasteiger partial charge in [-0.3, -0.25) is 0 Å². The summed E-state index contributed by atoms with van der Waals surface area (Å²) in [5, 5.41) is 1.19. The lowest BCUT2D eigenvalue weighted by molar-refractivity contribution is 0.0224. The Hall–Kier alpha value is -1.60. The van der Waals surface area contributed by atoms with Crippen LogP contribution >= 0.6 is 22.6 Å². The van der Waals surface area contributed by atoms with E-state index in [-0.39, 0.29) is 0 Å². The Morgan fingerprint density at radius 3 is 2.91 bits per heavy atom. The van der Waals surface area contributed by atoms with Gasteiger partial charge in [0, 0.05) is 28.2 Å². The zero-order valence-electron chi connectivity index (χ0n) is 12.0. The first-order chi connectivity index (χ1) is 10.8. The summed E-state index contributed by atoms with van der Waals surface area (Å²) in [4.78, 5) is 9.97. The number of anilines is 1. The van der Waals surface area contributed by atoms with E-state index in [1.165, 1.54) is 20.2 Å². The number of rotatable bonds is 4. The third-order valence-electron chi connectivity index (χ3n) is 4.01. The Labute approximate surface area is 142 Å². The van der Waals surface area contributed by atoms with Gasteiger partial charge in [-0.1, -0.05) is 30.3 Å². The predicted octanol–water partition coefficient (Wildman–Crippen LogP) is 3.57. The molecule has 0 atom stereocenters. The van der Waals surface area contributed by atoms with Gasteiger partial charge in [-0.05, 0) is 34.2 Å². The maximum absolute atomic E-state index is 5.94. The maximum Gasteiger partial charge on any atom is 0.138 e. The molecule has 1 aliphatic heterocycles. The number of benzene rings is 1. The molecule has 0 unspecified atom stereocenters. The number of nitrogens with zero attached hydrogens (tertiary/aromatic N) is 2. The van der Waals surface area contributed by atoms with Crippen LogP contribution in [0.15, 0.2) is 48.8 Å². The van der Waals surface area contributed by atoms with Crippen LogP contribution < -0.4 is 4.90 Å². The molecule has 0 saturated carbocycles. The first kappa shape index (κ1) is 14.0. The summed E-state index contributed by atoms with van der Waals surface area (Å²) >= 11 is 2.33. The van der Waals surface area contributed by atoms with Crippen molar-refractivity contribution in [3.63, 3.8) is 0 Å². The Bertz CT molecular complexity index is 781. The molecule has 0 radical (unpaired) electrons. The van der Waals surface area contributed by atoms with Crippen molar-refractivity contribution >= 4 is 39.3 Å². The number of aromatic amines is 1. The van der Waals surface area contributed by atoms with Gasteiger partial charge in [0.25, 0.3) is 0 Å². The van der Waals surface area contributed by atoms with Gasteiger partial charge in [0.2, 0.25) is 0 Å². The molecule has 2 aromatic heterocycles. The summed E-state index contributed by atoms with van der Waals surface area (Å²) in [6.45, 7) is 2.55. The van der Waals surface area contributed by atoms with E-state index in [0.717, 1.165) is 18.7 Å². The molecule has 3 heterocycles. The molecule has 1 N–H and O–H groups in total. The van der Waals surface area contributed by atoms with Gasteiger partial charge < -0.3 is 14.6 Å². The largest absolute Gasteiger partial charge is 0.370 e. The van der Waals surface area contributed by atoms with Crippen molar-refractivity contribution in [2.45, 2.75) is 12.7 Å². The minimum absolute atomic E-state index is 0.307. The molecule has 0 bridgehead atoms. The monoisotopic (exact) mass is 405 g/mol. The van der Waals surface area contributed by atoms with E-state index in [1.54, 1.807) is 0 Å². The Morgan fingerprint density at radius 2 is 2.09 bits per heavy atom. The van der Waals surface area contributed by atoms with Gasteiger partial charge in [0.15, 0.2) is 0 Å². The van der Waals surface area contributed by atoms with Crippen LogP contribution in [0.1, 0.15) is 5.56 Å². The summed E-state index contributed by atoms with van der Waals surface area (Å²) in [5.41, 5.74) is 3.35. The zero-order chi connectivity index (χ0) is 14.9. The average molecular weight is 405 g/mol. The second kappa shape index (κ2) is 5.89. The number of hydrogen-bond donors (Lipinski definition) is 1. The van der Waals surface area contributed by atoms with Crippen molar-refractivity contribution in [1.29, 1.82) is 0 Å². The molecule has 1 saturated heterocycles. The highest BCUT2D eigenvalue weighted by atomic mass is 127. The number of aromatic nitrogens is 2. The zero-order valence-corrected chi connectivity index (χ0v) is 14.2. The fourth-order valence-corrected chi connectivity index (χ4v) is 3.24. The molecule has 0 amide bonds. The number of ether oxygens (including phenoxy) is 1. The third kappa shape index (κ3) is 2.70. The second-order valence-electron chi connectivity index (χ2n) is 5.55. The van der Waals surface area contributed by atoms with E-state index in [4.69, 9.17) is 4.74 Å². The van der Waals surface area contributed by atoms with Gasteiger partial charge in [0.05, 0.1) is 24.6 Å². The van der Waals surface area contributed by atoms with Crippen LogP contribution in [0.25, 0.3) is 11.0 Å². The molecule has 3 aromatic rings. The molecular weight excluding hydrogens is 389 g/mol. The first-order valence-electron chi connectivity index (χ1n) is 7.33. The van der Waals surface area contributed by atoms with E-state index in [0.29, 0.717) is 12.7 Å². The Morgan fingerprint density at radius 1 is 1.27 bits per heavy atom. The van der Waals surface area contributed by atoms with Crippen molar-refractivity contribution in [1.82, 2.24) is 9.97 Å². The van der Waals surface area contributed by atoms with Gasteiger partial charge >= 0.3 is 0 Å². The number of hydrogen-bond acceptors (Lipinski definition) is 3. The molecule has 112 valence electrons. The van der Waals surface area contributed by atoms with Crippen molar-refractivity contribution in [3.8, 4) is 0 Å². The fourth-order valence-electron chi connectivity index (χ4n) is 2.68. The van der Waals surface area contributed by atoms with Crippen molar-refractivity contribution < 1.29 is 4.74 Å². The summed E-state index contributed by atoms with van der Waals surface area (Å²) in [6, 6.07) is 12.5. The number of pyridine rings is 1. The lowest BCUT2D eigenvalue weighted by atomic mass is 10.1. The minimum Gasteiger partial charge on any atom is -0.370 e. The van der Waals surface area contributed by atoms with E-state index >= 15 is 0 Å². The first-order valence-corrected chi connectivity index (χ1v) is 8.40. The number of H-pyrrole nitrogens is 1. The lowest BCUT2D eigenvalue weighted by Crippen LogP contribution is -2.52. The lowest BCUT2D eigenvalue weighted by Gasteiger charge is -2.40. The molecule has 1 aromatic carbocycles. The third-order valence-corrected chi connectivity index (χ3v) is 4.90. The van der Waals surface area contributed by atoms with Crippen LogP contribution in [-0.4, -0.2) is 29.2 Å². The summed E-state index contributed by atoms with van der Waals surface area (Å²) < 4.78 is 7.15. The van der Waals surface area contributed by atoms with E-state index < -0.39 is 0 Å². The van der Waals surface area contributed by atoms with Crippen molar-refractivity contribution in [3.05, 3.63) is 57.9 Å². The van der Waals surface area contributed by atoms with Crippen LogP contribution in [0.3, 0.4) is 0 Å². The molecule has 0 aliphatic carbocycles. The van der Waals surface area contributed by atoms with Gasteiger partial charge in [-0.2, -0.15) is 0 Å². The minimum atomic E-state index is 0.307. The van der Waals surface area contributed by atoms with Crippen LogP contribution in [0.5, 0.6) is 0 Å². The van der Waals surface area contributed by atoms with Crippen LogP contribution in [0.2, 0.25) is 0 Å². The van der Waals surface area contributed by atoms with Crippen molar-refractivity contribution in [2.24, 2.45) is 0 Å². The fraction of sp³-hybridized carbons (Fsp3) is 0.235.